The van der Waals surface area contributed by atoms with Crippen LogP contribution in [0, 0.1) is 0 Å². The van der Waals surface area contributed by atoms with Crippen LogP contribution in [0.25, 0.3) is 0 Å². The molecule has 0 bridgehead atoms. The zero-order chi connectivity index (χ0) is 11.5. The monoisotopic (exact) mass is 239 g/mol. The Morgan fingerprint density at radius 3 is 2.94 bits per heavy atom. The summed E-state index contributed by atoms with van der Waals surface area (Å²) in [6, 6.07) is 4.10. The van der Waals surface area contributed by atoms with Gasteiger partial charge in [0.05, 0.1) is 0 Å². The van der Waals surface area contributed by atoms with E-state index < -0.39 is 0 Å². The van der Waals surface area contributed by atoms with Gasteiger partial charge in [0.2, 0.25) is 0 Å². The molecule has 0 aromatic carbocycles. The number of ether oxygens (including phenoxy) is 1. The Morgan fingerprint density at radius 2 is 2.44 bits per heavy atom. The van der Waals surface area contributed by atoms with E-state index in [1.165, 1.54) is 4.88 Å². The lowest BCUT2D eigenvalue weighted by Gasteiger charge is -2.23. The largest absolute Gasteiger partial charge is 0.461 e. The smallest absolute Gasteiger partial charge is 0.323 e. The van der Waals surface area contributed by atoms with Crippen molar-refractivity contribution in [2.24, 2.45) is 0 Å². The number of rotatable bonds is 4. The van der Waals surface area contributed by atoms with E-state index in [9.17, 15) is 4.79 Å². The van der Waals surface area contributed by atoms with E-state index >= 15 is 0 Å². The van der Waals surface area contributed by atoms with Crippen molar-refractivity contribution in [2.75, 3.05) is 6.54 Å². The van der Waals surface area contributed by atoms with Gasteiger partial charge >= 0.3 is 5.97 Å². The first-order chi connectivity index (χ1) is 7.70. The van der Waals surface area contributed by atoms with Crippen molar-refractivity contribution < 1.29 is 9.53 Å². The van der Waals surface area contributed by atoms with Gasteiger partial charge in [0.1, 0.15) is 12.1 Å². The Hall–Kier alpha value is -0.870. The third-order valence-corrected chi connectivity index (χ3v) is 3.79. The van der Waals surface area contributed by atoms with Crippen LogP contribution in [0.4, 0.5) is 0 Å². The van der Waals surface area contributed by atoms with Gasteiger partial charge < -0.3 is 4.74 Å². The Balaban J connectivity index is 2.02. The summed E-state index contributed by atoms with van der Waals surface area (Å²) in [7, 11) is 0. The first kappa shape index (κ1) is 11.6. The maximum Gasteiger partial charge on any atom is 0.323 e. The third-order valence-electron chi connectivity index (χ3n) is 2.93. The van der Waals surface area contributed by atoms with E-state index in [1.807, 2.05) is 13.0 Å². The minimum Gasteiger partial charge on any atom is -0.461 e. The van der Waals surface area contributed by atoms with Gasteiger partial charge in [-0.1, -0.05) is 13.0 Å². The van der Waals surface area contributed by atoms with Gasteiger partial charge in [0.25, 0.3) is 0 Å². The molecule has 1 aromatic rings. The average molecular weight is 239 g/mol. The van der Waals surface area contributed by atoms with E-state index in [1.54, 1.807) is 11.3 Å². The van der Waals surface area contributed by atoms with Crippen LogP contribution < -0.4 is 0 Å². The second-order valence-electron chi connectivity index (χ2n) is 4.14. The number of carbonyl (C=O) groups is 1. The fraction of sp³-hybridized carbons (Fsp3) is 0.583. The molecule has 1 aliphatic heterocycles. The summed E-state index contributed by atoms with van der Waals surface area (Å²) < 4.78 is 5.20. The lowest BCUT2D eigenvalue weighted by atomic mass is 10.1. The predicted octanol–water partition coefficient (Wildman–Crippen LogP) is 2.27. The molecule has 2 rings (SSSR count). The molecule has 0 amide bonds. The highest BCUT2D eigenvalue weighted by molar-refractivity contribution is 7.09. The highest BCUT2D eigenvalue weighted by atomic mass is 32.1. The summed E-state index contributed by atoms with van der Waals surface area (Å²) in [6.45, 7) is 5.77. The predicted molar refractivity (Wildman–Crippen MR) is 64.4 cm³/mol. The van der Waals surface area contributed by atoms with E-state index in [4.69, 9.17) is 4.74 Å². The fourth-order valence-electron chi connectivity index (χ4n) is 2.08. The molecule has 2 heterocycles. The van der Waals surface area contributed by atoms with Gasteiger partial charge in [-0.25, -0.2) is 0 Å². The number of carbonyl (C=O) groups excluding carboxylic acids is 1. The van der Waals surface area contributed by atoms with Crippen LogP contribution >= 0.6 is 11.3 Å². The highest BCUT2D eigenvalue weighted by Gasteiger charge is 2.35. The highest BCUT2D eigenvalue weighted by Crippen LogP contribution is 2.22. The summed E-state index contributed by atoms with van der Waals surface area (Å²) >= 11 is 1.73. The quantitative estimate of drug-likeness (QED) is 0.755. The van der Waals surface area contributed by atoms with Crippen molar-refractivity contribution in [3.05, 3.63) is 22.4 Å². The van der Waals surface area contributed by atoms with E-state index in [2.05, 4.69) is 23.3 Å². The molecule has 0 spiro atoms. The number of esters is 1. The summed E-state index contributed by atoms with van der Waals surface area (Å²) in [5.41, 5.74) is 0. The van der Waals surface area contributed by atoms with Crippen LogP contribution in [0.3, 0.4) is 0 Å². The van der Waals surface area contributed by atoms with Crippen LogP contribution in [0.1, 0.15) is 25.1 Å². The first-order valence-corrected chi connectivity index (χ1v) is 6.55. The molecule has 3 nitrogen and oxygen atoms in total. The molecule has 0 saturated carbocycles. The van der Waals surface area contributed by atoms with Crippen molar-refractivity contribution in [3.63, 3.8) is 0 Å². The van der Waals surface area contributed by atoms with Crippen molar-refractivity contribution >= 4 is 17.3 Å². The molecular weight excluding hydrogens is 222 g/mol. The van der Waals surface area contributed by atoms with Gasteiger partial charge in [-0.2, -0.15) is 0 Å². The van der Waals surface area contributed by atoms with E-state index in [0.29, 0.717) is 0 Å². The summed E-state index contributed by atoms with van der Waals surface area (Å²) in [5.74, 6) is -0.0640. The van der Waals surface area contributed by atoms with Crippen molar-refractivity contribution in [3.8, 4) is 0 Å². The topological polar surface area (TPSA) is 29.5 Å². The van der Waals surface area contributed by atoms with Gasteiger partial charge in [-0.05, 0) is 24.9 Å². The zero-order valence-electron chi connectivity index (χ0n) is 9.68. The molecule has 0 N–H and O–H groups in total. The SMILES string of the molecule is CCN(Cc1cccs1)[C@@H]1C[C@H](C)OC1=O. The molecule has 0 unspecified atom stereocenters. The Kier molecular flexibility index (Phi) is 3.61. The summed E-state index contributed by atoms with van der Waals surface area (Å²) in [4.78, 5) is 15.1. The number of likely N-dealkylation sites (N-methyl/N-ethyl adjacent to an activating group) is 1. The molecule has 1 fully saturated rings. The lowest BCUT2D eigenvalue weighted by molar-refractivity contribution is -0.144. The van der Waals surface area contributed by atoms with Crippen LogP contribution in [0.2, 0.25) is 0 Å². The minimum atomic E-state index is -0.0640. The molecule has 1 aromatic heterocycles. The number of nitrogens with zero attached hydrogens (tertiary/aromatic N) is 1. The molecule has 0 aliphatic carbocycles. The van der Waals surface area contributed by atoms with Gasteiger partial charge in [-0.3, -0.25) is 9.69 Å². The van der Waals surface area contributed by atoms with Crippen LogP contribution in [0.5, 0.6) is 0 Å². The minimum absolute atomic E-state index is 0.0536. The second kappa shape index (κ2) is 4.97. The van der Waals surface area contributed by atoms with Gasteiger partial charge in [-0.15, -0.1) is 11.3 Å². The molecule has 16 heavy (non-hydrogen) atoms. The number of cyclic esters (lactones) is 1. The maximum atomic E-state index is 11.7. The zero-order valence-corrected chi connectivity index (χ0v) is 10.5. The van der Waals surface area contributed by atoms with Crippen LogP contribution in [-0.4, -0.2) is 29.6 Å². The van der Waals surface area contributed by atoms with Crippen LogP contribution in [0.15, 0.2) is 17.5 Å². The van der Waals surface area contributed by atoms with Crippen molar-refractivity contribution in [2.45, 2.75) is 39.0 Å². The van der Waals surface area contributed by atoms with Crippen molar-refractivity contribution in [1.29, 1.82) is 0 Å². The molecule has 0 radical (unpaired) electrons. The second-order valence-corrected chi connectivity index (χ2v) is 5.17. The molecular formula is C12H17NO2S. The number of hydrogen-bond acceptors (Lipinski definition) is 4. The van der Waals surface area contributed by atoms with Crippen molar-refractivity contribution in [1.82, 2.24) is 4.90 Å². The fourth-order valence-corrected chi connectivity index (χ4v) is 2.81. The van der Waals surface area contributed by atoms with Gasteiger partial charge in [0, 0.05) is 17.8 Å². The molecule has 2 atom stereocenters. The summed E-state index contributed by atoms with van der Waals surface area (Å²) in [5, 5.41) is 2.07. The Morgan fingerprint density at radius 1 is 1.62 bits per heavy atom. The number of hydrogen-bond donors (Lipinski definition) is 0. The average Bonchev–Trinajstić information content (AvgIpc) is 2.85. The molecule has 1 aliphatic rings. The first-order valence-electron chi connectivity index (χ1n) is 5.67. The molecule has 1 saturated heterocycles. The van der Waals surface area contributed by atoms with E-state index in [0.717, 1.165) is 19.5 Å². The lowest BCUT2D eigenvalue weighted by Crippen LogP contribution is -2.37. The number of thiophene rings is 1. The standard InChI is InChI=1S/C12H17NO2S/c1-3-13(8-10-5-4-6-16-10)11-7-9(2)15-12(11)14/h4-6,9,11H,3,7-8H2,1-2H3/t9-,11+/m0/s1. The normalized spacial score (nSPS) is 25.1. The summed E-state index contributed by atoms with van der Waals surface area (Å²) in [6.07, 6.45) is 0.882. The van der Waals surface area contributed by atoms with E-state index in [-0.39, 0.29) is 18.1 Å². The maximum absolute atomic E-state index is 11.7. The van der Waals surface area contributed by atoms with Gasteiger partial charge in [0.15, 0.2) is 0 Å². The third kappa shape index (κ3) is 2.44. The molecule has 4 heteroatoms. The Bertz CT molecular complexity index is 350. The molecule has 88 valence electrons. The Labute approximate surface area is 100 Å². The van der Waals surface area contributed by atoms with Crippen LogP contribution in [-0.2, 0) is 16.1 Å².